The molecule has 6 heteroatoms. The van der Waals surface area contributed by atoms with E-state index in [4.69, 9.17) is 0 Å². The van der Waals surface area contributed by atoms with Crippen molar-refractivity contribution in [3.8, 4) is 0 Å². The van der Waals surface area contributed by atoms with Crippen molar-refractivity contribution in [2.75, 3.05) is 5.32 Å². The van der Waals surface area contributed by atoms with Gasteiger partial charge in [-0.3, -0.25) is 9.59 Å². The minimum atomic E-state index is -0.814. The van der Waals surface area contributed by atoms with E-state index in [9.17, 15) is 14.7 Å². The number of carbonyl (C=O) groups excluding carboxylic acids is 1. The van der Waals surface area contributed by atoms with Crippen molar-refractivity contribution in [1.82, 2.24) is 4.98 Å². The number of carbonyl (C=O) groups is 2. The smallest absolute Gasteiger partial charge is 0.307 e. The van der Waals surface area contributed by atoms with Gasteiger partial charge >= 0.3 is 5.97 Å². The standard InChI is InChI=1S/C16H20N2O3S/c19-14(12-8-5-6-9(7-8)13(12)15(20)21)18-16-17-10-3-1-2-4-11(10)22-16/h8-9,12-13H,1-7H2,(H,20,21)(H,17,18,19)/t8-,9+,12-,13+/m0/s1. The lowest BCUT2D eigenvalue weighted by Gasteiger charge is -2.26. The summed E-state index contributed by atoms with van der Waals surface area (Å²) in [5, 5.41) is 13.0. The second-order valence-corrected chi connectivity index (χ2v) is 7.89. The first-order chi connectivity index (χ1) is 10.6. The number of aliphatic carboxylic acids is 1. The summed E-state index contributed by atoms with van der Waals surface area (Å²) in [7, 11) is 0. The Balaban J connectivity index is 1.52. The number of anilines is 1. The van der Waals surface area contributed by atoms with E-state index >= 15 is 0 Å². The number of rotatable bonds is 3. The fourth-order valence-electron chi connectivity index (χ4n) is 4.62. The Morgan fingerprint density at radius 2 is 1.86 bits per heavy atom. The van der Waals surface area contributed by atoms with E-state index in [2.05, 4.69) is 10.3 Å². The van der Waals surface area contributed by atoms with Crippen molar-refractivity contribution in [3.63, 3.8) is 0 Å². The normalized spacial score (nSPS) is 32.7. The monoisotopic (exact) mass is 320 g/mol. The summed E-state index contributed by atoms with van der Waals surface area (Å²) in [6.45, 7) is 0. The molecule has 0 aliphatic heterocycles. The molecule has 1 aromatic rings. The molecule has 1 amide bonds. The third kappa shape index (κ3) is 2.24. The number of thiazole rings is 1. The van der Waals surface area contributed by atoms with E-state index in [-0.39, 0.29) is 23.7 Å². The number of hydrogen-bond donors (Lipinski definition) is 2. The summed E-state index contributed by atoms with van der Waals surface area (Å²) >= 11 is 1.56. The van der Waals surface area contributed by atoms with Crippen LogP contribution in [-0.4, -0.2) is 22.0 Å². The fourth-order valence-corrected chi connectivity index (χ4v) is 5.67. The molecule has 2 bridgehead atoms. The topological polar surface area (TPSA) is 79.3 Å². The molecular weight excluding hydrogens is 300 g/mol. The molecule has 0 unspecified atom stereocenters. The minimum absolute atomic E-state index is 0.134. The zero-order chi connectivity index (χ0) is 15.3. The molecule has 1 heterocycles. The first-order valence-corrected chi connectivity index (χ1v) is 8.97. The van der Waals surface area contributed by atoms with Gasteiger partial charge in [0.1, 0.15) is 0 Å². The van der Waals surface area contributed by atoms with E-state index < -0.39 is 11.9 Å². The number of aryl methyl sites for hydroxylation is 2. The van der Waals surface area contributed by atoms with Crippen LogP contribution in [0.2, 0.25) is 0 Å². The maximum Gasteiger partial charge on any atom is 0.307 e. The van der Waals surface area contributed by atoms with E-state index in [0.29, 0.717) is 5.13 Å². The molecule has 2 saturated carbocycles. The second-order valence-electron chi connectivity index (χ2n) is 6.81. The first kappa shape index (κ1) is 14.2. The maximum atomic E-state index is 12.6. The third-order valence-electron chi connectivity index (χ3n) is 5.58. The molecular formula is C16H20N2O3S. The Bertz CT molecular complexity index is 603. The van der Waals surface area contributed by atoms with E-state index in [1.165, 1.54) is 11.3 Å². The van der Waals surface area contributed by atoms with Crippen LogP contribution < -0.4 is 5.32 Å². The van der Waals surface area contributed by atoms with Crippen LogP contribution in [0.4, 0.5) is 5.13 Å². The molecule has 0 radical (unpaired) electrons. The van der Waals surface area contributed by atoms with E-state index in [1.54, 1.807) is 11.3 Å². The van der Waals surface area contributed by atoms with Crippen LogP contribution in [0.3, 0.4) is 0 Å². The summed E-state index contributed by atoms with van der Waals surface area (Å²) in [6, 6.07) is 0. The Morgan fingerprint density at radius 1 is 1.14 bits per heavy atom. The van der Waals surface area contributed by atoms with E-state index in [0.717, 1.165) is 44.2 Å². The minimum Gasteiger partial charge on any atom is -0.481 e. The van der Waals surface area contributed by atoms with Gasteiger partial charge in [0.25, 0.3) is 0 Å². The SMILES string of the molecule is O=C(O)[C@@H]1[C@@H]2CC[C@@H](C2)[C@@H]1C(=O)Nc1nc2c(s1)CCCC2. The molecule has 2 N–H and O–H groups in total. The second kappa shape index (κ2) is 5.33. The van der Waals surface area contributed by atoms with Crippen molar-refractivity contribution in [2.45, 2.75) is 44.9 Å². The lowest BCUT2D eigenvalue weighted by atomic mass is 9.79. The van der Waals surface area contributed by atoms with Gasteiger partial charge in [-0.2, -0.15) is 0 Å². The number of carboxylic acid groups (broad SMARTS) is 1. The zero-order valence-corrected chi connectivity index (χ0v) is 13.2. The average molecular weight is 320 g/mol. The number of carboxylic acids is 1. The molecule has 3 aliphatic rings. The molecule has 0 saturated heterocycles. The van der Waals surface area contributed by atoms with Crippen LogP contribution in [0.5, 0.6) is 0 Å². The lowest BCUT2D eigenvalue weighted by molar-refractivity contribution is -0.148. The Labute approximate surface area is 133 Å². The van der Waals surface area contributed by atoms with Crippen molar-refractivity contribution in [1.29, 1.82) is 0 Å². The van der Waals surface area contributed by atoms with Gasteiger partial charge < -0.3 is 10.4 Å². The zero-order valence-electron chi connectivity index (χ0n) is 12.4. The number of nitrogens with one attached hydrogen (secondary N) is 1. The largest absolute Gasteiger partial charge is 0.481 e. The highest BCUT2D eigenvalue weighted by Crippen LogP contribution is 2.52. The number of amides is 1. The summed E-state index contributed by atoms with van der Waals surface area (Å²) in [4.78, 5) is 30.0. The van der Waals surface area contributed by atoms with Gasteiger partial charge in [0.2, 0.25) is 5.91 Å². The quantitative estimate of drug-likeness (QED) is 0.897. The first-order valence-electron chi connectivity index (χ1n) is 8.15. The molecule has 3 aliphatic carbocycles. The van der Waals surface area contributed by atoms with E-state index in [1.807, 2.05) is 0 Å². The van der Waals surface area contributed by atoms with Crippen molar-refractivity contribution in [3.05, 3.63) is 10.6 Å². The van der Waals surface area contributed by atoms with Gasteiger partial charge in [-0.15, -0.1) is 11.3 Å². The third-order valence-corrected chi connectivity index (χ3v) is 6.65. The van der Waals surface area contributed by atoms with Crippen LogP contribution in [0, 0.1) is 23.7 Å². The maximum absolute atomic E-state index is 12.6. The van der Waals surface area contributed by atoms with Crippen LogP contribution in [0.15, 0.2) is 0 Å². The number of fused-ring (bicyclic) bond motifs is 3. The predicted octanol–water partition coefficient (Wildman–Crippen LogP) is 2.71. The molecule has 22 heavy (non-hydrogen) atoms. The fraction of sp³-hybridized carbons (Fsp3) is 0.688. The van der Waals surface area contributed by atoms with Crippen LogP contribution in [0.25, 0.3) is 0 Å². The van der Waals surface area contributed by atoms with Crippen LogP contribution >= 0.6 is 11.3 Å². The molecule has 4 atom stereocenters. The average Bonchev–Trinajstić information content (AvgIpc) is 3.19. The number of aromatic nitrogens is 1. The number of nitrogens with zero attached hydrogens (tertiary/aromatic N) is 1. The van der Waals surface area contributed by atoms with Gasteiger partial charge in [-0.1, -0.05) is 0 Å². The lowest BCUT2D eigenvalue weighted by Crippen LogP contribution is -2.37. The Morgan fingerprint density at radius 3 is 2.59 bits per heavy atom. The van der Waals surface area contributed by atoms with Crippen molar-refractivity contribution < 1.29 is 14.7 Å². The van der Waals surface area contributed by atoms with Gasteiger partial charge in [-0.05, 0) is 56.8 Å². The molecule has 0 aromatic carbocycles. The summed E-state index contributed by atoms with van der Waals surface area (Å²) in [5.41, 5.74) is 1.12. The van der Waals surface area contributed by atoms with Crippen LogP contribution in [-0.2, 0) is 22.4 Å². The van der Waals surface area contributed by atoms with Gasteiger partial charge in [0.15, 0.2) is 5.13 Å². The van der Waals surface area contributed by atoms with Crippen molar-refractivity contribution in [2.24, 2.45) is 23.7 Å². The Hall–Kier alpha value is -1.43. The van der Waals surface area contributed by atoms with Crippen molar-refractivity contribution >= 4 is 28.3 Å². The molecule has 5 nitrogen and oxygen atoms in total. The molecule has 0 spiro atoms. The Kier molecular flexibility index (Phi) is 3.44. The summed E-state index contributed by atoms with van der Waals surface area (Å²) in [6.07, 6.45) is 7.23. The predicted molar refractivity (Wildman–Crippen MR) is 82.8 cm³/mol. The van der Waals surface area contributed by atoms with Gasteiger partial charge in [0.05, 0.1) is 17.5 Å². The molecule has 118 valence electrons. The van der Waals surface area contributed by atoms with Crippen LogP contribution in [0.1, 0.15) is 42.7 Å². The molecule has 2 fully saturated rings. The summed E-state index contributed by atoms with van der Waals surface area (Å²) in [5.74, 6) is -1.41. The molecule has 1 aromatic heterocycles. The summed E-state index contributed by atoms with van der Waals surface area (Å²) < 4.78 is 0. The highest BCUT2D eigenvalue weighted by atomic mass is 32.1. The number of hydrogen-bond acceptors (Lipinski definition) is 4. The van der Waals surface area contributed by atoms with Gasteiger partial charge in [-0.25, -0.2) is 4.98 Å². The molecule has 4 rings (SSSR count). The highest BCUT2D eigenvalue weighted by Gasteiger charge is 2.54. The van der Waals surface area contributed by atoms with Gasteiger partial charge in [0, 0.05) is 4.88 Å². The highest BCUT2D eigenvalue weighted by molar-refractivity contribution is 7.15.